The maximum atomic E-state index is 12.5. The van der Waals surface area contributed by atoms with Crippen molar-refractivity contribution < 1.29 is 19.2 Å². The van der Waals surface area contributed by atoms with Crippen molar-refractivity contribution in [3.63, 3.8) is 0 Å². The van der Waals surface area contributed by atoms with Gasteiger partial charge in [-0.1, -0.05) is 12.1 Å². The standard InChI is InChI=1S/C19H18N4O5/c1-3-22-16(8-9-20-22)19(24)21-13-10-14(23(25)26)12-15(11-13)28-18-7-5-4-6-17(18)27-2/h4-12H,3H2,1-2H3,(H,21,24). The van der Waals surface area contributed by atoms with E-state index in [2.05, 4.69) is 10.4 Å². The highest BCUT2D eigenvalue weighted by Crippen LogP contribution is 2.34. The van der Waals surface area contributed by atoms with Crippen molar-refractivity contribution in [3.8, 4) is 17.2 Å². The Bertz CT molecular complexity index is 1020. The summed E-state index contributed by atoms with van der Waals surface area (Å²) in [4.78, 5) is 23.2. The van der Waals surface area contributed by atoms with Crippen LogP contribution in [-0.2, 0) is 6.54 Å². The maximum Gasteiger partial charge on any atom is 0.275 e. The van der Waals surface area contributed by atoms with E-state index in [-0.39, 0.29) is 17.1 Å². The summed E-state index contributed by atoms with van der Waals surface area (Å²) in [7, 11) is 1.50. The average molecular weight is 382 g/mol. The second-order valence-electron chi connectivity index (χ2n) is 5.71. The molecular formula is C19H18N4O5. The van der Waals surface area contributed by atoms with Crippen LogP contribution in [0.4, 0.5) is 11.4 Å². The number of methoxy groups -OCH3 is 1. The van der Waals surface area contributed by atoms with Crippen molar-refractivity contribution in [2.24, 2.45) is 0 Å². The predicted octanol–water partition coefficient (Wildman–Crippen LogP) is 3.86. The average Bonchev–Trinajstić information content (AvgIpc) is 3.17. The number of para-hydroxylation sites is 2. The van der Waals surface area contributed by atoms with Gasteiger partial charge in [0.15, 0.2) is 11.5 Å². The number of anilines is 1. The minimum absolute atomic E-state index is 0.193. The summed E-state index contributed by atoms with van der Waals surface area (Å²) < 4.78 is 12.5. The van der Waals surface area contributed by atoms with Gasteiger partial charge in [0.1, 0.15) is 11.4 Å². The summed E-state index contributed by atoms with van der Waals surface area (Å²) in [6.07, 6.45) is 1.52. The molecule has 0 atom stereocenters. The molecule has 9 heteroatoms. The highest BCUT2D eigenvalue weighted by molar-refractivity contribution is 6.03. The van der Waals surface area contributed by atoms with Gasteiger partial charge < -0.3 is 14.8 Å². The van der Waals surface area contributed by atoms with Gasteiger partial charge in [-0.15, -0.1) is 0 Å². The molecule has 0 aliphatic carbocycles. The molecule has 0 fully saturated rings. The Hall–Kier alpha value is -3.88. The Labute approximate surface area is 160 Å². The Morgan fingerprint density at radius 3 is 2.64 bits per heavy atom. The van der Waals surface area contributed by atoms with Gasteiger partial charge in [0.05, 0.1) is 23.8 Å². The van der Waals surface area contributed by atoms with Gasteiger partial charge in [0.2, 0.25) is 0 Å². The van der Waals surface area contributed by atoms with Crippen molar-refractivity contribution in [1.29, 1.82) is 0 Å². The third kappa shape index (κ3) is 4.09. The zero-order chi connectivity index (χ0) is 20.1. The lowest BCUT2D eigenvalue weighted by Gasteiger charge is -2.12. The smallest absolute Gasteiger partial charge is 0.275 e. The van der Waals surface area contributed by atoms with Gasteiger partial charge in [-0.2, -0.15) is 5.10 Å². The molecule has 1 amide bonds. The van der Waals surface area contributed by atoms with Crippen LogP contribution in [-0.4, -0.2) is 27.7 Å². The van der Waals surface area contributed by atoms with Crippen LogP contribution in [0.1, 0.15) is 17.4 Å². The number of hydrogen-bond acceptors (Lipinski definition) is 6. The highest BCUT2D eigenvalue weighted by atomic mass is 16.6. The van der Waals surface area contributed by atoms with Crippen LogP contribution in [0.2, 0.25) is 0 Å². The Kier molecular flexibility index (Phi) is 5.54. The van der Waals surface area contributed by atoms with E-state index in [0.29, 0.717) is 23.7 Å². The summed E-state index contributed by atoms with van der Waals surface area (Å²) in [6.45, 7) is 2.38. The van der Waals surface area contributed by atoms with Crippen molar-refractivity contribution in [2.45, 2.75) is 13.5 Å². The molecule has 0 radical (unpaired) electrons. The number of carbonyl (C=O) groups is 1. The molecule has 3 aromatic rings. The van der Waals surface area contributed by atoms with Gasteiger partial charge in [0.25, 0.3) is 11.6 Å². The van der Waals surface area contributed by atoms with Crippen molar-refractivity contribution in [3.05, 3.63) is 70.5 Å². The van der Waals surface area contributed by atoms with Crippen LogP contribution in [0.5, 0.6) is 17.2 Å². The number of aryl methyl sites for hydroxylation is 1. The molecular weight excluding hydrogens is 364 g/mol. The molecule has 28 heavy (non-hydrogen) atoms. The van der Waals surface area contributed by atoms with Crippen LogP contribution in [0.25, 0.3) is 0 Å². The van der Waals surface area contributed by atoms with E-state index in [1.807, 2.05) is 6.92 Å². The molecule has 0 aliphatic heterocycles. The number of hydrogen-bond donors (Lipinski definition) is 1. The van der Waals surface area contributed by atoms with Gasteiger partial charge in [-0.25, -0.2) is 0 Å². The monoisotopic (exact) mass is 382 g/mol. The van der Waals surface area contributed by atoms with Crippen LogP contribution < -0.4 is 14.8 Å². The van der Waals surface area contributed by atoms with E-state index in [9.17, 15) is 14.9 Å². The van der Waals surface area contributed by atoms with Gasteiger partial charge >= 0.3 is 0 Å². The molecule has 144 valence electrons. The predicted molar refractivity (Wildman–Crippen MR) is 102 cm³/mol. The molecule has 3 rings (SSSR count). The third-order valence-electron chi connectivity index (χ3n) is 3.91. The number of nitro groups is 1. The molecule has 0 unspecified atom stereocenters. The van der Waals surface area contributed by atoms with Crippen molar-refractivity contribution in [2.75, 3.05) is 12.4 Å². The normalized spacial score (nSPS) is 10.4. The first kappa shape index (κ1) is 18.9. The van der Waals surface area contributed by atoms with Crippen LogP contribution >= 0.6 is 0 Å². The zero-order valence-electron chi connectivity index (χ0n) is 15.3. The Morgan fingerprint density at radius 2 is 1.96 bits per heavy atom. The number of nitro benzene ring substituents is 1. The van der Waals surface area contributed by atoms with E-state index in [4.69, 9.17) is 9.47 Å². The number of ether oxygens (including phenoxy) is 2. The first-order valence-corrected chi connectivity index (χ1v) is 8.45. The SMILES string of the molecule is CCn1nccc1C(=O)Nc1cc(Oc2ccccc2OC)cc([N+](=O)[O-])c1. The molecule has 0 saturated carbocycles. The fourth-order valence-electron chi connectivity index (χ4n) is 2.62. The van der Waals surface area contributed by atoms with E-state index < -0.39 is 10.8 Å². The molecule has 1 aromatic heterocycles. The highest BCUT2D eigenvalue weighted by Gasteiger charge is 2.16. The molecule has 0 aliphatic rings. The lowest BCUT2D eigenvalue weighted by Crippen LogP contribution is -2.17. The molecule has 2 aromatic carbocycles. The fourth-order valence-corrected chi connectivity index (χ4v) is 2.62. The molecule has 0 bridgehead atoms. The first-order chi connectivity index (χ1) is 13.5. The number of nitrogens with zero attached hydrogens (tertiary/aromatic N) is 3. The molecule has 1 heterocycles. The van der Waals surface area contributed by atoms with E-state index in [0.717, 1.165) is 0 Å². The van der Waals surface area contributed by atoms with Crippen LogP contribution in [0, 0.1) is 10.1 Å². The van der Waals surface area contributed by atoms with Gasteiger partial charge in [-0.05, 0) is 25.1 Å². The lowest BCUT2D eigenvalue weighted by atomic mass is 10.2. The minimum atomic E-state index is -0.555. The maximum absolute atomic E-state index is 12.5. The Balaban J connectivity index is 1.91. The number of carbonyl (C=O) groups excluding carboxylic acids is 1. The number of amides is 1. The largest absolute Gasteiger partial charge is 0.493 e. The minimum Gasteiger partial charge on any atom is -0.493 e. The summed E-state index contributed by atoms with van der Waals surface area (Å²) in [5, 5.41) is 18.0. The summed E-state index contributed by atoms with van der Waals surface area (Å²) in [6, 6.07) is 12.5. The number of benzene rings is 2. The van der Waals surface area contributed by atoms with E-state index >= 15 is 0 Å². The number of nitrogens with one attached hydrogen (secondary N) is 1. The van der Waals surface area contributed by atoms with E-state index in [1.165, 1.54) is 36.2 Å². The molecule has 9 nitrogen and oxygen atoms in total. The number of aromatic nitrogens is 2. The third-order valence-corrected chi connectivity index (χ3v) is 3.91. The van der Waals surface area contributed by atoms with Gasteiger partial charge in [-0.3, -0.25) is 19.6 Å². The van der Waals surface area contributed by atoms with Crippen LogP contribution in [0.15, 0.2) is 54.7 Å². The van der Waals surface area contributed by atoms with Gasteiger partial charge in [0, 0.05) is 24.9 Å². The molecule has 0 saturated heterocycles. The number of rotatable bonds is 7. The zero-order valence-corrected chi connectivity index (χ0v) is 15.3. The fraction of sp³-hybridized carbons (Fsp3) is 0.158. The summed E-state index contributed by atoms with van der Waals surface area (Å²) >= 11 is 0. The van der Waals surface area contributed by atoms with E-state index in [1.54, 1.807) is 30.3 Å². The molecule has 1 N–H and O–H groups in total. The topological polar surface area (TPSA) is 109 Å². The Morgan fingerprint density at radius 1 is 1.21 bits per heavy atom. The van der Waals surface area contributed by atoms with Crippen molar-refractivity contribution in [1.82, 2.24) is 9.78 Å². The summed E-state index contributed by atoms with van der Waals surface area (Å²) in [5.74, 6) is 0.638. The van der Waals surface area contributed by atoms with Crippen molar-refractivity contribution >= 4 is 17.3 Å². The lowest BCUT2D eigenvalue weighted by molar-refractivity contribution is -0.384. The second kappa shape index (κ2) is 8.21. The first-order valence-electron chi connectivity index (χ1n) is 8.45. The summed E-state index contributed by atoms with van der Waals surface area (Å²) in [5.41, 5.74) is 0.362. The second-order valence-corrected chi connectivity index (χ2v) is 5.71. The molecule has 0 spiro atoms. The quantitative estimate of drug-likeness (QED) is 0.491. The number of non-ortho nitro benzene ring substituents is 1. The van der Waals surface area contributed by atoms with Crippen LogP contribution in [0.3, 0.4) is 0 Å².